The number of nitrogens with one attached hydrogen (secondary N) is 1. The van der Waals surface area contributed by atoms with Crippen molar-refractivity contribution >= 4 is 24.4 Å². The molecule has 3 N–H and O–H groups in total. The maximum atomic E-state index is 11.8. The molecular formula is C18H22BNO4. The standard InChI is InChI=1S/C18H22BNO4/c1-18(2,3)24-17(21)20-16-6-4-5-14(12-16)11-13-7-9-15(10-8-13)19(22)23/h4-10,12,22-23H,11H2,1-3H3,(H,20,21). The average molecular weight is 327 g/mol. The summed E-state index contributed by atoms with van der Waals surface area (Å²) in [6, 6.07) is 14.6. The summed E-state index contributed by atoms with van der Waals surface area (Å²) in [5, 5.41) is 20.9. The SMILES string of the molecule is CC(C)(C)OC(=O)Nc1cccc(Cc2ccc(B(O)O)cc2)c1. The molecule has 0 unspecified atom stereocenters. The van der Waals surface area contributed by atoms with Gasteiger partial charge in [0, 0.05) is 5.69 Å². The zero-order valence-corrected chi connectivity index (χ0v) is 14.1. The Bertz CT molecular complexity index is 693. The van der Waals surface area contributed by atoms with Crippen LogP contribution < -0.4 is 10.8 Å². The molecule has 2 aromatic carbocycles. The van der Waals surface area contributed by atoms with E-state index >= 15 is 0 Å². The van der Waals surface area contributed by atoms with Gasteiger partial charge in [-0.1, -0.05) is 36.4 Å². The number of amides is 1. The minimum absolute atomic E-state index is 0.457. The third-order valence-corrected chi connectivity index (χ3v) is 3.26. The van der Waals surface area contributed by atoms with E-state index in [1.165, 1.54) is 0 Å². The molecule has 0 fully saturated rings. The van der Waals surface area contributed by atoms with Gasteiger partial charge in [-0.15, -0.1) is 0 Å². The summed E-state index contributed by atoms with van der Waals surface area (Å²) < 4.78 is 5.24. The van der Waals surface area contributed by atoms with Gasteiger partial charge in [-0.2, -0.15) is 0 Å². The van der Waals surface area contributed by atoms with Crippen molar-refractivity contribution < 1.29 is 19.6 Å². The first-order chi connectivity index (χ1) is 11.2. The second-order valence-electron chi connectivity index (χ2n) is 6.62. The minimum atomic E-state index is -1.46. The van der Waals surface area contributed by atoms with Gasteiger partial charge < -0.3 is 14.8 Å². The Hall–Kier alpha value is -2.31. The van der Waals surface area contributed by atoms with Crippen LogP contribution in [0.15, 0.2) is 48.5 Å². The first-order valence-electron chi connectivity index (χ1n) is 7.77. The third-order valence-electron chi connectivity index (χ3n) is 3.26. The largest absolute Gasteiger partial charge is 0.488 e. The van der Waals surface area contributed by atoms with Crippen molar-refractivity contribution in [3.05, 3.63) is 59.7 Å². The van der Waals surface area contributed by atoms with Gasteiger partial charge in [-0.3, -0.25) is 5.32 Å². The van der Waals surface area contributed by atoms with Crippen molar-refractivity contribution in [3.63, 3.8) is 0 Å². The van der Waals surface area contributed by atoms with E-state index in [1.807, 2.05) is 51.1 Å². The lowest BCUT2D eigenvalue weighted by molar-refractivity contribution is 0.0636. The van der Waals surface area contributed by atoms with Crippen LogP contribution in [-0.2, 0) is 11.2 Å². The molecule has 0 heterocycles. The maximum absolute atomic E-state index is 11.8. The van der Waals surface area contributed by atoms with Gasteiger partial charge in [-0.05, 0) is 55.9 Å². The fourth-order valence-electron chi connectivity index (χ4n) is 2.22. The molecule has 5 nitrogen and oxygen atoms in total. The molecular weight excluding hydrogens is 305 g/mol. The fourth-order valence-corrected chi connectivity index (χ4v) is 2.22. The molecule has 0 saturated heterocycles. The van der Waals surface area contributed by atoms with E-state index in [1.54, 1.807) is 18.2 Å². The zero-order chi connectivity index (χ0) is 17.7. The lowest BCUT2D eigenvalue weighted by Crippen LogP contribution is -2.29. The number of rotatable bonds is 4. The predicted molar refractivity (Wildman–Crippen MR) is 95.4 cm³/mol. The molecule has 2 aromatic rings. The van der Waals surface area contributed by atoms with Crippen molar-refractivity contribution in [1.82, 2.24) is 0 Å². The van der Waals surface area contributed by atoms with Crippen LogP contribution in [0.5, 0.6) is 0 Å². The third kappa shape index (κ3) is 5.72. The normalized spacial score (nSPS) is 11.0. The minimum Gasteiger partial charge on any atom is -0.444 e. The monoisotopic (exact) mass is 327 g/mol. The first kappa shape index (κ1) is 18.0. The molecule has 6 heteroatoms. The van der Waals surface area contributed by atoms with Crippen molar-refractivity contribution in [2.75, 3.05) is 5.32 Å². The van der Waals surface area contributed by atoms with Gasteiger partial charge in [0.05, 0.1) is 0 Å². The quantitative estimate of drug-likeness (QED) is 0.753. The van der Waals surface area contributed by atoms with Crippen LogP contribution in [0.3, 0.4) is 0 Å². The van der Waals surface area contributed by atoms with Crippen molar-refractivity contribution in [1.29, 1.82) is 0 Å². The van der Waals surface area contributed by atoms with Gasteiger partial charge >= 0.3 is 13.2 Å². The Balaban J connectivity index is 2.03. The highest BCUT2D eigenvalue weighted by atomic mass is 16.6. The number of carbonyl (C=O) groups excluding carboxylic acids is 1. The summed E-state index contributed by atoms with van der Waals surface area (Å²) >= 11 is 0. The van der Waals surface area contributed by atoms with Gasteiger partial charge in [-0.25, -0.2) is 4.79 Å². The van der Waals surface area contributed by atoms with Crippen LogP contribution in [0.4, 0.5) is 10.5 Å². The number of carbonyl (C=O) groups is 1. The van der Waals surface area contributed by atoms with Crippen molar-refractivity contribution in [2.24, 2.45) is 0 Å². The molecule has 126 valence electrons. The summed E-state index contributed by atoms with van der Waals surface area (Å²) in [6.45, 7) is 5.45. The fraction of sp³-hybridized carbons (Fsp3) is 0.278. The lowest BCUT2D eigenvalue weighted by atomic mass is 9.80. The Labute approximate surface area is 142 Å². The molecule has 1 amide bonds. The molecule has 0 spiro atoms. The molecule has 0 saturated carbocycles. The number of hydrogen-bond donors (Lipinski definition) is 3. The second kappa shape index (κ2) is 7.51. The molecule has 0 bridgehead atoms. The van der Waals surface area contributed by atoms with Crippen LogP contribution >= 0.6 is 0 Å². The highest BCUT2D eigenvalue weighted by molar-refractivity contribution is 6.58. The molecule has 0 aromatic heterocycles. The van der Waals surface area contributed by atoms with E-state index in [4.69, 9.17) is 14.8 Å². The van der Waals surface area contributed by atoms with E-state index in [0.717, 1.165) is 11.1 Å². The van der Waals surface area contributed by atoms with Crippen LogP contribution in [0, 0.1) is 0 Å². The molecule has 0 atom stereocenters. The van der Waals surface area contributed by atoms with Gasteiger partial charge in [0.2, 0.25) is 0 Å². The van der Waals surface area contributed by atoms with E-state index in [-0.39, 0.29) is 0 Å². The summed E-state index contributed by atoms with van der Waals surface area (Å²) in [4.78, 5) is 11.8. The average Bonchev–Trinajstić information content (AvgIpc) is 2.46. The number of hydrogen-bond acceptors (Lipinski definition) is 4. The maximum Gasteiger partial charge on any atom is 0.488 e. The summed E-state index contributed by atoms with van der Waals surface area (Å²) in [5.74, 6) is 0. The van der Waals surface area contributed by atoms with Crippen molar-refractivity contribution in [2.45, 2.75) is 32.8 Å². The van der Waals surface area contributed by atoms with Crippen LogP contribution in [0.1, 0.15) is 31.9 Å². The van der Waals surface area contributed by atoms with Gasteiger partial charge in [0.1, 0.15) is 5.60 Å². The number of anilines is 1. The Morgan fingerprint density at radius 2 is 1.75 bits per heavy atom. The first-order valence-corrected chi connectivity index (χ1v) is 7.77. The molecule has 0 aliphatic carbocycles. The summed E-state index contributed by atoms with van der Waals surface area (Å²) in [6.07, 6.45) is 0.187. The molecule has 24 heavy (non-hydrogen) atoms. The highest BCUT2D eigenvalue weighted by Gasteiger charge is 2.16. The Kier molecular flexibility index (Phi) is 5.64. The zero-order valence-electron chi connectivity index (χ0n) is 14.1. The Morgan fingerprint density at radius 1 is 1.08 bits per heavy atom. The van der Waals surface area contributed by atoms with Crippen LogP contribution in [0.2, 0.25) is 0 Å². The molecule has 0 aliphatic rings. The summed E-state index contributed by atoms with van der Waals surface area (Å²) in [7, 11) is -1.46. The molecule has 2 rings (SSSR count). The number of benzene rings is 2. The van der Waals surface area contributed by atoms with Crippen LogP contribution in [0.25, 0.3) is 0 Å². The van der Waals surface area contributed by atoms with E-state index in [2.05, 4.69) is 5.32 Å². The predicted octanol–water partition coefficient (Wildman–Crippen LogP) is 2.30. The topological polar surface area (TPSA) is 78.8 Å². The van der Waals surface area contributed by atoms with E-state index in [9.17, 15) is 4.79 Å². The Morgan fingerprint density at radius 3 is 2.33 bits per heavy atom. The second-order valence-corrected chi connectivity index (χ2v) is 6.62. The van der Waals surface area contributed by atoms with E-state index < -0.39 is 18.8 Å². The van der Waals surface area contributed by atoms with Crippen molar-refractivity contribution in [3.8, 4) is 0 Å². The lowest BCUT2D eigenvalue weighted by Gasteiger charge is -2.19. The van der Waals surface area contributed by atoms with E-state index in [0.29, 0.717) is 17.6 Å². The van der Waals surface area contributed by atoms with Gasteiger partial charge in [0.25, 0.3) is 0 Å². The number of ether oxygens (including phenoxy) is 1. The smallest absolute Gasteiger partial charge is 0.444 e. The summed E-state index contributed by atoms with van der Waals surface area (Å²) in [5.41, 5.74) is 2.65. The van der Waals surface area contributed by atoms with Crippen LogP contribution in [-0.4, -0.2) is 28.9 Å². The van der Waals surface area contributed by atoms with Gasteiger partial charge in [0.15, 0.2) is 0 Å². The molecule has 0 radical (unpaired) electrons. The molecule has 0 aliphatic heterocycles. The highest BCUT2D eigenvalue weighted by Crippen LogP contribution is 2.16.